The van der Waals surface area contributed by atoms with Gasteiger partial charge in [0.15, 0.2) is 0 Å². The summed E-state index contributed by atoms with van der Waals surface area (Å²) in [6.45, 7) is 1.30. The van der Waals surface area contributed by atoms with E-state index in [0.29, 0.717) is 12.6 Å². The Hall–Kier alpha value is -0.510. The SMILES string of the molecule is OCC1(CNC2CCSc3ccccc32)CC1. The lowest BCUT2D eigenvalue weighted by molar-refractivity contribution is 0.203. The van der Waals surface area contributed by atoms with Crippen LogP contribution in [-0.2, 0) is 0 Å². The van der Waals surface area contributed by atoms with E-state index in [9.17, 15) is 5.11 Å². The van der Waals surface area contributed by atoms with E-state index in [1.54, 1.807) is 0 Å². The lowest BCUT2D eigenvalue weighted by Crippen LogP contribution is -2.31. The smallest absolute Gasteiger partial charge is 0.0499 e. The maximum atomic E-state index is 9.34. The van der Waals surface area contributed by atoms with E-state index in [1.165, 1.54) is 35.5 Å². The fourth-order valence-corrected chi connectivity index (χ4v) is 3.59. The second-order valence-electron chi connectivity index (χ2n) is 5.27. The van der Waals surface area contributed by atoms with Gasteiger partial charge in [-0.2, -0.15) is 0 Å². The standard InChI is InChI=1S/C14H19NOS/c16-10-14(6-7-14)9-15-12-5-8-17-13-4-2-1-3-11(12)13/h1-4,12,15-16H,5-10H2. The van der Waals surface area contributed by atoms with Gasteiger partial charge >= 0.3 is 0 Å². The first-order valence-electron chi connectivity index (χ1n) is 6.39. The Labute approximate surface area is 107 Å². The molecule has 1 unspecified atom stereocenters. The molecule has 1 fully saturated rings. The third-order valence-corrected chi connectivity index (χ3v) is 5.10. The van der Waals surface area contributed by atoms with Crippen LogP contribution in [0.4, 0.5) is 0 Å². The predicted octanol–water partition coefficient (Wildman–Crippen LogP) is 2.59. The van der Waals surface area contributed by atoms with Crippen LogP contribution in [0.1, 0.15) is 30.9 Å². The Kier molecular flexibility index (Phi) is 3.16. The van der Waals surface area contributed by atoms with Crippen LogP contribution in [0.2, 0.25) is 0 Å². The number of aliphatic hydroxyl groups is 1. The van der Waals surface area contributed by atoms with Crippen LogP contribution in [0.5, 0.6) is 0 Å². The molecule has 17 heavy (non-hydrogen) atoms. The highest BCUT2D eigenvalue weighted by Gasteiger charge is 2.42. The van der Waals surface area contributed by atoms with E-state index in [4.69, 9.17) is 0 Å². The number of hydrogen-bond donors (Lipinski definition) is 2. The molecule has 0 aromatic heterocycles. The zero-order chi connectivity index (χ0) is 11.7. The predicted molar refractivity (Wildman–Crippen MR) is 71.3 cm³/mol. The first kappa shape index (κ1) is 11.6. The van der Waals surface area contributed by atoms with Crippen molar-refractivity contribution in [3.63, 3.8) is 0 Å². The molecule has 3 heteroatoms. The van der Waals surface area contributed by atoms with E-state index < -0.39 is 0 Å². The quantitative estimate of drug-likeness (QED) is 0.860. The summed E-state index contributed by atoms with van der Waals surface area (Å²) in [5, 5.41) is 13.0. The minimum Gasteiger partial charge on any atom is -0.396 e. The molecule has 2 N–H and O–H groups in total. The zero-order valence-electron chi connectivity index (χ0n) is 9.98. The van der Waals surface area contributed by atoms with Crippen LogP contribution < -0.4 is 5.32 Å². The molecule has 1 atom stereocenters. The molecule has 1 heterocycles. The fraction of sp³-hybridized carbons (Fsp3) is 0.571. The Balaban J connectivity index is 1.68. The Morgan fingerprint density at radius 1 is 1.35 bits per heavy atom. The van der Waals surface area contributed by atoms with Crippen molar-refractivity contribution >= 4 is 11.8 Å². The van der Waals surface area contributed by atoms with E-state index in [2.05, 4.69) is 29.6 Å². The summed E-state index contributed by atoms with van der Waals surface area (Å²) < 4.78 is 0. The monoisotopic (exact) mass is 249 g/mol. The normalized spacial score (nSPS) is 25.4. The van der Waals surface area contributed by atoms with Gasteiger partial charge in [-0.25, -0.2) is 0 Å². The van der Waals surface area contributed by atoms with Gasteiger partial charge in [0.25, 0.3) is 0 Å². The highest BCUT2D eigenvalue weighted by atomic mass is 32.2. The van der Waals surface area contributed by atoms with Gasteiger partial charge < -0.3 is 10.4 Å². The number of rotatable bonds is 4. The maximum absolute atomic E-state index is 9.34. The topological polar surface area (TPSA) is 32.3 Å². The summed E-state index contributed by atoms with van der Waals surface area (Å²) in [6, 6.07) is 9.17. The highest BCUT2D eigenvalue weighted by molar-refractivity contribution is 7.99. The largest absolute Gasteiger partial charge is 0.396 e. The lowest BCUT2D eigenvalue weighted by atomic mass is 10.0. The summed E-state index contributed by atoms with van der Waals surface area (Å²) in [5.41, 5.74) is 1.65. The molecule has 0 spiro atoms. The molecule has 0 saturated heterocycles. The first-order chi connectivity index (χ1) is 8.33. The molecular weight excluding hydrogens is 230 g/mol. The van der Waals surface area contributed by atoms with Crippen molar-refractivity contribution in [1.82, 2.24) is 5.32 Å². The highest BCUT2D eigenvalue weighted by Crippen LogP contribution is 2.45. The summed E-state index contributed by atoms with van der Waals surface area (Å²) >= 11 is 1.96. The summed E-state index contributed by atoms with van der Waals surface area (Å²) in [5.74, 6) is 1.20. The summed E-state index contributed by atoms with van der Waals surface area (Å²) in [4.78, 5) is 1.42. The third kappa shape index (κ3) is 2.37. The number of nitrogens with one attached hydrogen (secondary N) is 1. The second kappa shape index (κ2) is 4.63. The molecule has 1 aromatic carbocycles. The minimum absolute atomic E-state index is 0.208. The van der Waals surface area contributed by atoms with Gasteiger partial charge in [0.2, 0.25) is 0 Å². The molecule has 1 saturated carbocycles. The first-order valence-corrected chi connectivity index (χ1v) is 7.38. The van der Waals surface area contributed by atoms with Crippen LogP contribution >= 0.6 is 11.8 Å². The summed E-state index contributed by atoms with van der Waals surface area (Å²) in [7, 11) is 0. The molecule has 0 amide bonds. The lowest BCUT2D eigenvalue weighted by Gasteiger charge is -2.27. The van der Waals surface area contributed by atoms with Crippen molar-refractivity contribution in [1.29, 1.82) is 0 Å². The van der Waals surface area contributed by atoms with Gasteiger partial charge in [-0.3, -0.25) is 0 Å². The van der Waals surface area contributed by atoms with Gasteiger partial charge in [-0.1, -0.05) is 18.2 Å². The van der Waals surface area contributed by atoms with E-state index in [-0.39, 0.29) is 5.41 Å². The fourth-order valence-electron chi connectivity index (χ4n) is 2.46. The molecular formula is C14H19NOS. The molecule has 0 radical (unpaired) electrons. The van der Waals surface area contributed by atoms with Gasteiger partial charge in [-0.05, 0) is 36.6 Å². The van der Waals surface area contributed by atoms with Gasteiger partial charge in [0.05, 0.1) is 0 Å². The van der Waals surface area contributed by atoms with Crippen molar-refractivity contribution in [3.8, 4) is 0 Å². The molecule has 1 aromatic rings. The maximum Gasteiger partial charge on any atom is 0.0499 e. The average molecular weight is 249 g/mol. The molecule has 0 bridgehead atoms. The number of thioether (sulfide) groups is 1. The Bertz CT molecular complexity index is 403. The van der Waals surface area contributed by atoms with Crippen LogP contribution in [-0.4, -0.2) is 24.0 Å². The van der Waals surface area contributed by atoms with Crippen molar-refractivity contribution in [2.24, 2.45) is 5.41 Å². The van der Waals surface area contributed by atoms with Crippen LogP contribution in [0.25, 0.3) is 0 Å². The molecule has 2 aliphatic rings. The number of benzene rings is 1. The van der Waals surface area contributed by atoms with E-state index >= 15 is 0 Å². The van der Waals surface area contributed by atoms with Crippen molar-refractivity contribution in [3.05, 3.63) is 29.8 Å². The molecule has 92 valence electrons. The van der Waals surface area contributed by atoms with Crippen LogP contribution in [0, 0.1) is 5.41 Å². The van der Waals surface area contributed by atoms with Gasteiger partial charge in [-0.15, -0.1) is 11.8 Å². The van der Waals surface area contributed by atoms with Crippen LogP contribution in [0.15, 0.2) is 29.2 Å². The Morgan fingerprint density at radius 2 is 2.18 bits per heavy atom. The molecule has 3 rings (SSSR count). The Morgan fingerprint density at radius 3 is 2.94 bits per heavy atom. The zero-order valence-corrected chi connectivity index (χ0v) is 10.8. The summed E-state index contributed by atoms with van der Waals surface area (Å²) in [6.07, 6.45) is 3.56. The molecule has 1 aliphatic carbocycles. The number of hydrogen-bond acceptors (Lipinski definition) is 3. The third-order valence-electron chi connectivity index (χ3n) is 3.97. The van der Waals surface area contributed by atoms with Crippen molar-refractivity contribution in [2.45, 2.75) is 30.2 Å². The molecule has 2 nitrogen and oxygen atoms in total. The minimum atomic E-state index is 0.208. The van der Waals surface area contributed by atoms with Gasteiger partial charge in [0.1, 0.15) is 0 Å². The van der Waals surface area contributed by atoms with E-state index in [0.717, 1.165) is 6.54 Å². The average Bonchev–Trinajstić information content (AvgIpc) is 3.17. The van der Waals surface area contributed by atoms with Crippen molar-refractivity contribution < 1.29 is 5.11 Å². The van der Waals surface area contributed by atoms with E-state index in [1.807, 2.05) is 11.8 Å². The number of aliphatic hydroxyl groups excluding tert-OH is 1. The van der Waals surface area contributed by atoms with Crippen molar-refractivity contribution in [2.75, 3.05) is 18.9 Å². The molecule has 1 aliphatic heterocycles. The second-order valence-corrected chi connectivity index (χ2v) is 6.40. The van der Waals surface area contributed by atoms with Crippen LogP contribution in [0.3, 0.4) is 0 Å². The number of fused-ring (bicyclic) bond motifs is 1. The van der Waals surface area contributed by atoms with Gasteiger partial charge in [0, 0.05) is 29.5 Å².